The smallest absolute Gasteiger partial charge is 0.197 e. The summed E-state index contributed by atoms with van der Waals surface area (Å²) in [6.07, 6.45) is 0. The number of carbonyl (C=O) groups is 1. The Morgan fingerprint density at radius 3 is 2.00 bits per heavy atom. The van der Waals surface area contributed by atoms with Crippen molar-refractivity contribution >= 4 is 5.78 Å². The molecule has 110 valence electrons. The van der Waals surface area contributed by atoms with E-state index < -0.39 is 0 Å². The summed E-state index contributed by atoms with van der Waals surface area (Å²) in [6.45, 7) is 1.88. The Balaban J connectivity index is 2.48. The fourth-order valence-corrected chi connectivity index (χ4v) is 2.15. The number of benzene rings is 2. The fourth-order valence-electron chi connectivity index (χ4n) is 2.15. The molecule has 4 nitrogen and oxygen atoms in total. The molecule has 4 heteroatoms. The quantitative estimate of drug-likeness (QED) is 0.791. The maximum atomic E-state index is 12.7. The molecular weight excluding hydrogens is 268 g/mol. The molecule has 0 aliphatic heterocycles. The first-order chi connectivity index (χ1) is 10.1. The molecule has 0 spiro atoms. The number of aryl methyl sites for hydroxylation is 1. The largest absolute Gasteiger partial charge is 0.497 e. The van der Waals surface area contributed by atoms with Gasteiger partial charge in [-0.15, -0.1) is 0 Å². The van der Waals surface area contributed by atoms with Gasteiger partial charge in [-0.2, -0.15) is 0 Å². The van der Waals surface area contributed by atoms with Gasteiger partial charge in [0.1, 0.15) is 17.2 Å². The lowest BCUT2D eigenvalue weighted by Crippen LogP contribution is -2.06. The van der Waals surface area contributed by atoms with Gasteiger partial charge in [0.15, 0.2) is 5.78 Å². The van der Waals surface area contributed by atoms with Gasteiger partial charge in [-0.05, 0) is 48.9 Å². The first kappa shape index (κ1) is 14.9. The van der Waals surface area contributed by atoms with Crippen LogP contribution >= 0.6 is 0 Å². The predicted octanol–water partition coefficient (Wildman–Crippen LogP) is 3.25. The molecule has 0 heterocycles. The summed E-state index contributed by atoms with van der Waals surface area (Å²) in [4.78, 5) is 12.7. The van der Waals surface area contributed by atoms with Gasteiger partial charge in [0.2, 0.25) is 0 Å². The van der Waals surface area contributed by atoms with Crippen LogP contribution in [0.5, 0.6) is 17.2 Å². The summed E-state index contributed by atoms with van der Waals surface area (Å²) in [7, 11) is 4.70. The molecule has 0 aliphatic rings. The highest BCUT2D eigenvalue weighted by Crippen LogP contribution is 2.28. The van der Waals surface area contributed by atoms with Crippen LogP contribution in [-0.4, -0.2) is 27.1 Å². The normalized spacial score (nSPS) is 10.1. The molecule has 0 atom stereocenters. The molecule has 0 saturated heterocycles. The minimum absolute atomic E-state index is 0.106. The van der Waals surface area contributed by atoms with Crippen molar-refractivity contribution in [1.82, 2.24) is 0 Å². The number of rotatable bonds is 5. The number of ether oxygens (including phenoxy) is 3. The number of methoxy groups -OCH3 is 3. The van der Waals surface area contributed by atoms with Crippen LogP contribution in [0.2, 0.25) is 0 Å². The van der Waals surface area contributed by atoms with Gasteiger partial charge < -0.3 is 14.2 Å². The van der Waals surface area contributed by atoms with E-state index in [9.17, 15) is 4.79 Å². The predicted molar refractivity (Wildman–Crippen MR) is 80.7 cm³/mol. The molecule has 0 N–H and O–H groups in total. The zero-order valence-corrected chi connectivity index (χ0v) is 12.6. The van der Waals surface area contributed by atoms with E-state index in [0.717, 1.165) is 11.3 Å². The highest BCUT2D eigenvalue weighted by molar-refractivity contribution is 6.11. The second-order valence-electron chi connectivity index (χ2n) is 4.58. The van der Waals surface area contributed by atoms with E-state index in [4.69, 9.17) is 14.2 Å². The van der Waals surface area contributed by atoms with Crippen LogP contribution < -0.4 is 14.2 Å². The summed E-state index contributed by atoms with van der Waals surface area (Å²) < 4.78 is 15.6. The highest BCUT2D eigenvalue weighted by Gasteiger charge is 2.17. The summed E-state index contributed by atoms with van der Waals surface area (Å²) in [6, 6.07) is 10.5. The first-order valence-electron chi connectivity index (χ1n) is 6.52. The van der Waals surface area contributed by atoms with Gasteiger partial charge in [-0.3, -0.25) is 4.79 Å². The van der Waals surface area contributed by atoms with Crippen LogP contribution in [0.25, 0.3) is 0 Å². The Morgan fingerprint density at radius 1 is 0.810 bits per heavy atom. The topological polar surface area (TPSA) is 44.8 Å². The molecule has 0 fully saturated rings. The molecule has 0 radical (unpaired) electrons. The SMILES string of the molecule is COc1ccc(C(=O)c2cc(OC)ccc2OC)c(C)c1. The molecular formula is C17H18O4. The zero-order valence-electron chi connectivity index (χ0n) is 12.6. The Labute approximate surface area is 124 Å². The van der Waals surface area contributed by atoms with Crippen molar-refractivity contribution in [2.75, 3.05) is 21.3 Å². The minimum Gasteiger partial charge on any atom is -0.497 e. The molecule has 0 saturated carbocycles. The summed E-state index contributed by atoms with van der Waals surface area (Å²) >= 11 is 0. The van der Waals surface area contributed by atoms with Crippen molar-refractivity contribution in [1.29, 1.82) is 0 Å². The van der Waals surface area contributed by atoms with Crippen LogP contribution in [0.3, 0.4) is 0 Å². The molecule has 0 bridgehead atoms. The molecule has 21 heavy (non-hydrogen) atoms. The van der Waals surface area contributed by atoms with Crippen molar-refractivity contribution in [3.05, 3.63) is 53.1 Å². The van der Waals surface area contributed by atoms with E-state index in [0.29, 0.717) is 22.6 Å². The van der Waals surface area contributed by atoms with Crippen LogP contribution in [0, 0.1) is 6.92 Å². The van der Waals surface area contributed by atoms with Gasteiger partial charge in [0.05, 0.1) is 26.9 Å². The number of hydrogen-bond donors (Lipinski definition) is 0. The molecule has 0 aliphatic carbocycles. The lowest BCUT2D eigenvalue weighted by Gasteiger charge is -2.11. The molecule has 0 unspecified atom stereocenters. The number of carbonyl (C=O) groups excluding carboxylic acids is 1. The highest BCUT2D eigenvalue weighted by atomic mass is 16.5. The Bertz CT molecular complexity index is 662. The second kappa shape index (κ2) is 6.31. The summed E-state index contributed by atoms with van der Waals surface area (Å²) in [5, 5.41) is 0. The standard InChI is InChI=1S/C17H18O4/c1-11-9-12(19-2)5-7-14(11)17(18)15-10-13(20-3)6-8-16(15)21-4/h5-10H,1-4H3. The van der Waals surface area contributed by atoms with Crippen molar-refractivity contribution in [2.45, 2.75) is 6.92 Å². The van der Waals surface area contributed by atoms with Crippen LogP contribution in [-0.2, 0) is 0 Å². The lowest BCUT2D eigenvalue weighted by molar-refractivity contribution is 0.103. The average Bonchev–Trinajstić information content (AvgIpc) is 2.53. The molecule has 2 rings (SSSR count). The third-order valence-corrected chi connectivity index (χ3v) is 3.33. The second-order valence-corrected chi connectivity index (χ2v) is 4.58. The zero-order chi connectivity index (χ0) is 15.4. The van der Waals surface area contributed by atoms with Crippen LogP contribution in [0.15, 0.2) is 36.4 Å². The minimum atomic E-state index is -0.106. The monoisotopic (exact) mass is 286 g/mol. The number of ketones is 1. The van der Waals surface area contributed by atoms with Gasteiger partial charge in [0.25, 0.3) is 0 Å². The van der Waals surface area contributed by atoms with E-state index >= 15 is 0 Å². The van der Waals surface area contributed by atoms with Gasteiger partial charge in [0, 0.05) is 5.56 Å². The van der Waals surface area contributed by atoms with E-state index in [1.807, 2.05) is 13.0 Å². The Morgan fingerprint density at radius 2 is 1.43 bits per heavy atom. The van der Waals surface area contributed by atoms with Gasteiger partial charge in [-0.25, -0.2) is 0 Å². The van der Waals surface area contributed by atoms with Crippen LogP contribution in [0.1, 0.15) is 21.5 Å². The van der Waals surface area contributed by atoms with Gasteiger partial charge in [-0.1, -0.05) is 0 Å². The maximum absolute atomic E-state index is 12.7. The van der Waals surface area contributed by atoms with Crippen molar-refractivity contribution in [3.63, 3.8) is 0 Å². The average molecular weight is 286 g/mol. The van der Waals surface area contributed by atoms with E-state index in [1.54, 1.807) is 51.7 Å². The van der Waals surface area contributed by atoms with Gasteiger partial charge >= 0.3 is 0 Å². The molecule has 0 aromatic heterocycles. The molecule has 0 amide bonds. The number of hydrogen-bond acceptors (Lipinski definition) is 4. The van der Waals surface area contributed by atoms with Crippen molar-refractivity contribution in [2.24, 2.45) is 0 Å². The van der Waals surface area contributed by atoms with E-state index in [2.05, 4.69) is 0 Å². The lowest BCUT2D eigenvalue weighted by atomic mass is 9.98. The van der Waals surface area contributed by atoms with E-state index in [1.165, 1.54) is 0 Å². The maximum Gasteiger partial charge on any atom is 0.197 e. The third-order valence-electron chi connectivity index (χ3n) is 3.33. The van der Waals surface area contributed by atoms with Crippen molar-refractivity contribution < 1.29 is 19.0 Å². The molecule has 2 aromatic carbocycles. The summed E-state index contributed by atoms with van der Waals surface area (Å²) in [5.41, 5.74) is 1.94. The Hall–Kier alpha value is -2.49. The Kier molecular flexibility index (Phi) is 4.48. The summed E-state index contributed by atoms with van der Waals surface area (Å²) in [5.74, 6) is 1.76. The fraction of sp³-hybridized carbons (Fsp3) is 0.235. The molecule has 2 aromatic rings. The van der Waals surface area contributed by atoms with Crippen molar-refractivity contribution in [3.8, 4) is 17.2 Å². The first-order valence-corrected chi connectivity index (χ1v) is 6.52. The van der Waals surface area contributed by atoms with E-state index in [-0.39, 0.29) is 5.78 Å². The third kappa shape index (κ3) is 2.99. The van der Waals surface area contributed by atoms with Crippen LogP contribution in [0.4, 0.5) is 0 Å².